The van der Waals surface area contributed by atoms with E-state index in [-0.39, 0.29) is 5.54 Å². The fourth-order valence-corrected chi connectivity index (χ4v) is 4.17. The number of nitrogens with zero attached hydrogens (tertiary/aromatic N) is 1. The first kappa shape index (κ1) is 14.3. The van der Waals surface area contributed by atoms with Crippen molar-refractivity contribution < 1.29 is 4.74 Å². The normalized spacial score (nSPS) is 37.0. The standard InChI is InChI=1S/C15H30N2O/c1-14(2)6-4-7-15(11-14,12-16)17-8-5-13(9-17)10-18-3/h13H,4-12,16H2,1-3H3. The topological polar surface area (TPSA) is 38.5 Å². The molecule has 1 aliphatic carbocycles. The predicted octanol–water partition coefficient (Wildman–Crippen LogP) is 2.25. The van der Waals surface area contributed by atoms with Gasteiger partial charge in [0.25, 0.3) is 0 Å². The van der Waals surface area contributed by atoms with E-state index >= 15 is 0 Å². The van der Waals surface area contributed by atoms with E-state index in [0.717, 1.165) is 13.2 Å². The zero-order valence-corrected chi connectivity index (χ0v) is 12.4. The van der Waals surface area contributed by atoms with Gasteiger partial charge in [-0.1, -0.05) is 20.3 Å². The average Bonchev–Trinajstić information content (AvgIpc) is 2.77. The number of hydrogen-bond acceptors (Lipinski definition) is 3. The molecule has 1 heterocycles. The van der Waals surface area contributed by atoms with Gasteiger partial charge in [0.1, 0.15) is 0 Å². The maximum absolute atomic E-state index is 6.19. The second-order valence-corrected chi connectivity index (χ2v) is 7.18. The van der Waals surface area contributed by atoms with Crippen molar-refractivity contribution in [3.05, 3.63) is 0 Å². The first-order valence-electron chi connectivity index (χ1n) is 7.45. The van der Waals surface area contributed by atoms with Crippen LogP contribution >= 0.6 is 0 Å². The molecule has 2 rings (SSSR count). The lowest BCUT2D eigenvalue weighted by molar-refractivity contribution is 0.0205. The third kappa shape index (κ3) is 2.89. The van der Waals surface area contributed by atoms with Gasteiger partial charge < -0.3 is 10.5 Å². The molecule has 18 heavy (non-hydrogen) atoms. The van der Waals surface area contributed by atoms with Crippen LogP contribution in [0.4, 0.5) is 0 Å². The van der Waals surface area contributed by atoms with Crippen molar-refractivity contribution in [1.82, 2.24) is 4.90 Å². The highest BCUT2D eigenvalue weighted by atomic mass is 16.5. The van der Waals surface area contributed by atoms with Crippen LogP contribution in [0.5, 0.6) is 0 Å². The van der Waals surface area contributed by atoms with Gasteiger partial charge in [-0.3, -0.25) is 4.90 Å². The molecular formula is C15H30N2O. The van der Waals surface area contributed by atoms with Crippen molar-refractivity contribution in [1.29, 1.82) is 0 Å². The summed E-state index contributed by atoms with van der Waals surface area (Å²) in [4.78, 5) is 2.68. The van der Waals surface area contributed by atoms with Gasteiger partial charge in [0, 0.05) is 25.7 Å². The monoisotopic (exact) mass is 254 g/mol. The average molecular weight is 254 g/mol. The van der Waals surface area contributed by atoms with Crippen molar-refractivity contribution in [3.63, 3.8) is 0 Å². The van der Waals surface area contributed by atoms with Gasteiger partial charge in [0.2, 0.25) is 0 Å². The number of likely N-dealkylation sites (tertiary alicyclic amines) is 1. The second-order valence-electron chi connectivity index (χ2n) is 7.18. The lowest BCUT2D eigenvalue weighted by atomic mass is 9.67. The molecule has 2 atom stereocenters. The van der Waals surface area contributed by atoms with E-state index in [9.17, 15) is 0 Å². The molecule has 1 saturated carbocycles. The Balaban J connectivity index is 2.04. The Bertz CT molecular complexity index is 280. The number of rotatable bonds is 4. The zero-order chi connectivity index (χ0) is 13.2. The van der Waals surface area contributed by atoms with Crippen LogP contribution in [-0.4, -0.2) is 43.8 Å². The van der Waals surface area contributed by atoms with Gasteiger partial charge in [-0.25, -0.2) is 0 Å². The largest absolute Gasteiger partial charge is 0.384 e. The summed E-state index contributed by atoms with van der Waals surface area (Å²) in [5.41, 5.74) is 6.91. The Morgan fingerprint density at radius 1 is 1.33 bits per heavy atom. The predicted molar refractivity (Wildman–Crippen MR) is 75.6 cm³/mol. The molecule has 106 valence electrons. The molecule has 3 nitrogen and oxygen atoms in total. The minimum atomic E-state index is 0.268. The number of methoxy groups -OCH3 is 1. The van der Waals surface area contributed by atoms with Crippen LogP contribution in [0.15, 0.2) is 0 Å². The summed E-state index contributed by atoms with van der Waals surface area (Å²) in [5, 5.41) is 0. The first-order chi connectivity index (χ1) is 8.51. The van der Waals surface area contributed by atoms with Crippen LogP contribution < -0.4 is 5.73 Å². The molecule has 0 aromatic rings. The van der Waals surface area contributed by atoms with E-state index in [1.165, 1.54) is 45.2 Å². The molecule has 1 aliphatic heterocycles. The lowest BCUT2D eigenvalue weighted by Crippen LogP contribution is -2.57. The van der Waals surface area contributed by atoms with Crippen LogP contribution in [-0.2, 0) is 4.74 Å². The molecule has 2 N–H and O–H groups in total. The molecule has 0 amide bonds. The van der Waals surface area contributed by atoms with Gasteiger partial charge in [-0.2, -0.15) is 0 Å². The zero-order valence-electron chi connectivity index (χ0n) is 12.4. The van der Waals surface area contributed by atoms with Crippen molar-refractivity contribution in [2.24, 2.45) is 17.1 Å². The maximum atomic E-state index is 6.19. The molecule has 0 radical (unpaired) electrons. The molecule has 2 aliphatic rings. The summed E-state index contributed by atoms with van der Waals surface area (Å²) >= 11 is 0. The van der Waals surface area contributed by atoms with E-state index < -0.39 is 0 Å². The van der Waals surface area contributed by atoms with Gasteiger partial charge in [-0.15, -0.1) is 0 Å². The van der Waals surface area contributed by atoms with Gasteiger partial charge in [0.05, 0.1) is 6.61 Å². The molecule has 1 saturated heterocycles. The van der Waals surface area contributed by atoms with Gasteiger partial charge in [-0.05, 0) is 43.6 Å². The Morgan fingerprint density at radius 3 is 2.72 bits per heavy atom. The molecule has 2 fully saturated rings. The number of hydrogen-bond donors (Lipinski definition) is 1. The molecule has 0 bridgehead atoms. The molecule has 0 aromatic carbocycles. The summed E-state index contributed by atoms with van der Waals surface area (Å²) in [6.07, 6.45) is 6.50. The fraction of sp³-hybridized carbons (Fsp3) is 1.00. The molecular weight excluding hydrogens is 224 g/mol. The van der Waals surface area contributed by atoms with Crippen LogP contribution in [0.25, 0.3) is 0 Å². The highest BCUT2D eigenvalue weighted by Gasteiger charge is 2.45. The second kappa shape index (κ2) is 5.48. The minimum Gasteiger partial charge on any atom is -0.384 e. The van der Waals surface area contributed by atoms with Gasteiger partial charge >= 0.3 is 0 Å². The Hall–Kier alpha value is -0.120. The van der Waals surface area contributed by atoms with E-state index in [1.807, 2.05) is 7.11 Å². The SMILES string of the molecule is COCC1CCN(C2(CN)CCCC(C)(C)C2)C1. The van der Waals surface area contributed by atoms with Crippen LogP contribution in [0.2, 0.25) is 0 Å². The summed E-state index contributed by atoms with van der Waals surface area (Å²) in [5.74, 6) is 0.712. The Labute approximate surface area is 112 Å². The van der Waals surface area contributed by atoms with Crippen LogP contribution in [0.3, 0.4) is 0 Å². The smallest absolute Gasteiger partial charge is 0.0503 e. The van der Waals surface area contributed by atoms with Crippen molar-refractivity contribution in [2.45, 2.75) is 51.5 Å². The summed E-state index contributed by atoms with van der Waals surface area (Å²) in [6.45, 7) is 8.91. The number of nitrogens with two attached hydrogens (primary N) is 1. The van der Waals surface area contributed by atoms with Gasteiger partial charge in [0.15, 0.2) is 0 Å². The van der Waals surface area contributed by atoms with Crippen molar-refractivity contribution in [2.75, 3.05) is 33.4 Å². The highest BCUT2D eigenvalue weighted by molar-refractivity contribution is 5.01. The molecule has 0 spiro atoms. The van der Waals surface area contributed by atoms with E-state index in [1.54, 1.807) is 0 Å². The Kier molecular flexibility index (Phi) is 4.35. The lowest BCUT2D eigenvalue weighted by Gasteiger charge is -2.50. The minimum absolute atomic E-state index is 0.268. The molecule has 0 aromatic heterocycles. The summed E-state index contributed by atoms with van der Waals surface area (Å²) < 4.78 is 5.31. The summed E-state index contributed by atoms with van der Waals surface area (Å²) in [6, 6.07) is 0. The van der Waals surface area contributed by atoms with Crippen molar-refractivity contribution in [3.8, 4) is 0 Å². The third-order valence-corrected chi connectivity index (χ3v) is 5.04. The number of ether oxygens (including phenoxy) is 1. The fourth-order valence-electron chi connectivity index (χ4n) is 4.17. The quantitative estimate of drug-likeness (QED) is 0.836. The van der Waals surface area contributed by atoms with Crippen LogP contribution in [0, 0.1) is 11.3 Å². The third-order valence-electron chi connectivity index (χ3n) is 5.04. The van der Waals surface area contributed by atoms with E-state index in [0.29, 0.717) is 11.3 Å². The van der Waals surface area contributed by atoms with E-state index in [2.05, 4.69) is 18.7 Å². The van der Waals surface area contributed by atoms with Crippen LogP contribution in [0.1, 0.15) is 46.0 Å². The van der Waals surface area contributed by atoms with Crippen molar-refractivity contribution >= 4 is 0 Å². The first-order valence-corrected chi connectivity index (χ1v) is 7.45. The molecule has 3 heteroatoms. The highest BCUT2D eigenvalue weighted by Crippen LogP contribution is 2.45. The van der Waals surface area contributed by atoms with E-state index in [4.69, 9.17) is 10.5 Å². The molecule has 2 unspecified atom stereocenters. The Morgan fingerprint density at radius 2 is 2.11 bits per heavy atom. The summed E-state index contributed by atoms with van der Waals surface area (Å²) in [7, 11) is 1.81. The maximum Gasteiger partial charge on any atom is 0.0503 e.